The van der Waals surface area contributed by atoms with Crippen LogP contribution in [0.4, 0.5) is 13.2 Å². The topological polar surface area (TPSA) is 129 Å². The van der Waals surface area contributed by atoms with Gasteiger partial charge in [0.2, 0.25) is 0 Å². The number of rotatable bonds is 1. The molecule has 11 saturated carbocycles. The third kappa shape index (κ3) is 7.56. The second-order valence-electron chi connectivity index (χ2n) is 30.0. The number of aromatic nitrogens is 3. The molecule has 22 atom stereocenters. The van der Waals surface area contributed by atoms with Gasteiger partial charge in [-0.2, -0.15) is 23.4 Å². The lowest BCUT2D eigenvalue weighted by molar-refractivity contribution is -0.148. The fraction of sp³-hybridized carbons (Fsp3) is 0.846. The maximum Gasteiger partial charge on any atom is 0.431 e. The van der Waals surface area contributed by atoms with E-state index in [4.69, 9.17) is 0 Å². The summed E-state index contributed by atoms with van der Waals surface area (Å²) in [6.07, 6.45) is 33.9. The number of aliphatic hydroxyl groups is 2. The van der Waals surface area contributed by atoms with Gasteiger partial charge in [-0.1, -0.05) is 78.6 Å². The summed E-state index contributed by atoms with van der Waals surface area (Å²) in [5, 5.41) is 31.4. The van der Waals surface area contributed by atoms with Crippen LogP contribution in [0.1, 0.15) is 205 Å². The minimum absolute atomic E-state index is 0.0756. The van der Waals surface area contributed by atoms with Crippen LogP contribution >= 0.6 is 0 Å². The minimum atomic E-state index is -4.47. The van der Waals surface area contributed by atoms with Gasteiger partial charge in [-0.3, -0.25) is 30.0 Å². The number of pyridine rings is 1. The van der Waals surface area contributed by atoms with Gasteiger partial charge in [-0.15, -0.1) is 0 Å². The zero-order valence-electron chi connectivity index (χ0n) is 47.9. The highest BCUT2D eigenvalue weighted by molar-refractivity contribution is 6.04. The monoisotopic (exact) mass is 1080 g/mol. The van der Waals surface area contributed by atoms with E-state index in [2.05, 4.69) is 57.7 Å². The van der Waals surface area contributed by atoms with Crippen molar-refractivity contribution >= 4 is 11.4 Å². The Morgan fingerprint density at radius 2 is 1.06 bits per heavy atom. The Bertz CT molecular complexity index is 2740. The first kappa shape index (κ1) is 52.9. The second-order valence-corrected chi connectivity index (χ2v) is 30.0. The number of hydrazone groups is 2. The molecule has 4 N–H and O–H groups in total. The molecule has 0 aromatic carbocycles. The summed E-state index contributed by atoms with van der Waals surface area (Å²) >= 11 is 0. The summed E-state index contributed by atoms with van der Waals surface area (Å²) in [4.78, 5) is 17.0. The van der Waals surface area contributed by atoms with E-state index in [1.54, 1.807) is 0 Å². The van der Waals surface area contributed by atoms with Gasteiger partial charge >= 0.3 is 6.18 Å². The number of fused-ring (bicyclic) bond motifs is 21. The third-order valence-corrected chi connectivity index (χ3v) is 27.7. The van der Waals surface area contributed by atoms with Crippen molar-refractivity contribution in [2.24, 2.45) is 136 Å². The van der Waals surface area contributed by atoms with Gasteiger partial charge in [0, 0.05) is 59.6 Å². The first-order valence-corrected chi connectivity index (χ1v) is 32.3. The van der Waals surface area contributed by atoms with Crippen LogP contribution in [-0.4, -0.2) is 53.6 Å². The molecular formula is C65H94F3N7O3. The van der Waals surface area contributed by atoms with Crippen LogP contribution in [0, 0.1) is 111 Å². The van der Waals surface area contributed by atoms with E-state index in [0.717, 1.165) is 120 Å². The number of nitrogens with one attached hydrogen (secondary N) is 2. The molecule has 2 aromatic heterocycles. The molecule has 0 spiro atoms. The molecule has 78 heavy (non-hydrogen) atoms. The molecule has 0 amide bonds. The molecule has 10 nitrogen and oxygen atoms in total. The summed E-state index contributed by atoms with van der Waals surface area (Å²) in [6, 6.07) is 4.05. The van der Waals surface area contributed by atoms with Gasteiger partial charge in [-0.25, -0.2) is 0 Å². The van der Waals surface area contributed by atoms with Gasteiger partial charge in [0.1, 0.15) is 5.71 Å². The van der Waals surface area contributed by atoms with E-state index < -0.39 is 34.7 Å². The Balaban J connectivity index is 0.000000106. The summed E-state index contributed by atoms with van der Waals surface area (Å²) in [7, 11) is 4.02. The van der Waals surface area contributed by atoms with Crippen LogP contribution in [0.5, 0.6) is 0 Å². The molecule has 12 aliphatic carbocycles. The van der Waals surface area contributed by atoms with E-state index >= 15 is 0 Å². The lowest BCUT2D eigenvalue weighted by Gasteiger charge is -2.56. The van der Waals surface area contributed by atoms with Crippen molar-refractivity contribution < 1.29 is 23.4 Å². The summed E-state index contributed by atoms with van der Waals surface area (Å²) in [6.45, 7) is 6.85. The Kier molecular flexibility index (Phi) is 12.8. The highest BCUT2D eigenvalue weighted by atomic mass is 19.4. The summed E-state index contributed by atoms with van der Waals surface area (Å²) in [5.41, 5.74) is 7.14. The molecule has 2 aliphatic heterocycles. The molecule has 2 aromatic rings. The molecule has 4 heterocycles. The predicted molar refractivity (Wildman–Crippen MR) is 298 cm³/mol. The van der Waals surface area contributed by atoms with Gasteiger partial charge < -0.3 is 10.2 Å². The van der Waals surface area contributed by atoms with E-state index in [0.29, 0.717) is 24.2 Å². The molecule has 0 bridgehead atoms. The predicted octanol–water partition coefficient (Wildman–Crippen LogP) is 12.6. The molecular weight excluding hydrogens is 984 g/mol. The third-order valence-electron chi connectivity index (χ3n) is 27.7. The van der Waals surface area contributed by atoms with E-state index in [1.807, 2.05) is 37.1 Å². The smallest absolute Gasteiger partial charge is 0.368 e. The maximum atomic E-state index is 13.4. The number of alkyl halides is 3. The van der Waals surface area contributed by atoms with E-state index in [1.165, 1.54) is 134 Å². The fourth-order valence-electron chi connectivity index (χ4n) is 24.0. The largest absolute Gasteiger partial charge is 0.431 e. The van der Waals surface area contributed by atoms with Crippen molar-refractivity contribution in [2.75, 3.05) is 0 Å². The van der Waals surface area contributed by atoms with Crippen molar-refractivity contribution in [3.8, 4) is 0 Å². The summed E-state index contributed by atoms with van der Waals surface area (Å²) < 4.78 is 44.3. The first-order chi connectivity index (χ1) is 37.4. The zero-order valence-corrected chi connectivity index (χ0v) is 47.9. The SMILES string of the molecule is C[C@]12CCC3C4CCCCC4CCC3C1CC1C(C(F)(F)F)=NNC12O.C[C@]12CCC3C4CCCCC4CCC3C1CC1C(c3cccnc3)=NNC12O.Cn1c2c(c(=O)n1C)CC1C3CCC4CCCCC4C3CC[C@]21C. The number of nitrogens with zero attached hydrogens (tertiary/aromatic N) is 5. The van der Waals surface area contributed by atoms with Crippen molar-refractivity contribution in [3.05, 3.63) is 51.7 Å². The molecule has 11 fully saturated rings. The molecule has 0 radical (unpaired) electrons. The Hall–Kier alpha value is -3.19. The Morgan fingerprint density at radius 1 is 0.577 bits per heavy atom. The molecule has 13 heteroatoms. The van der Waals surface area contributed by atoms with Crippen molar-refractivity contribution in [1.29, 1.82) is 0 Å². The van der Waals surface area contributed by atoms with Crippen molar-refractivity contribution in [1.82, 2.24) is 25.2 Å². The average Bonchev–Trinajstić information content (AvgIpc) is 4.34. The van der Waals surface area contributed by atoms with E-state index in [9.17, 15) is 28.2 Å². The highest BCUT2D eigenvalue weighted by Gasteiger charge is 2.73. The van der Waals surface area contributed by atoms with Gasteiger partial charge in [0.15, 0.2) is 11.4 Å². The minimum Gasteiger partial charge on any atom is -0.368 e. The van der Waals surface area contributed by atoms with Crippen LogP contribution < -0.4 is 16.4 Å². The van der Waals surface area contributed by atoms with Crippen LogP contribution in [0.25, 0.3) is 0 Å². The van der Waals surface area contributed by atoms with Gasteiger partial charge in [0.25, 0.3) is 5.56 Å². The Labute approximate surface area is 462 Å². The number of halogens is 3. The van der Waals surface area contributed by atoms with Gasteiger partial charge in [0.05, 0.1) is 17.5 Å². The highest BCUT2D eigenvalue weighted by Crippen LogP contribution is 2.70. The van der Waals surface area contributed by atoms with E-state index in [-0.39, 0.29) is 28.2 Å². The first-order valence-electron chi connectivity index (χ1n) is 32.3. The van der Waals surface area contributed by atoms with Crippen LogP contribution in [0.15, 0.2) is 39.5 Å². The standard InChI is InChI=1S/C24H33N3O.C21H32N2O.C20H29F3N2O/c1-23-11-10-18-17-7-3-2-5-15(17)8-9-19(18)20(23)13-21-22(26-27-24(21,23)28)16-6-4-12-25-14-16;1-21-11-10-15-14-7-5-4-6-13(14)8-9-16(15)18(21)12-17-19(21)22(2)23(3)20(17)24;1-18-9-8-13-12-5-3-2-4-11(12)6-7-14(13)15(18)10-16-17(20(21,22)23)24-25-19(16,18)26/h4,6,12,14-15,17-21,27-28H,2-3,5,7-11,13H2,1H3;13-16,18H,4-12H2,1-3H3;11-16,25-26H,2-10H2,1H3/t15?,17?,18?,19?,20?,21?,23-,24?;13?,14?,15?,16?,18?,21-;11?,12?,13?,14?,15?,16?,18-,19?/m000/s1. The average molecular weight is 1080 g/mol. The molecule has 14 aliphatic rings. The van der Waals surface area contributed by atoms with Gasteiger partial charge in [-0.05, 0) is 216 Å². The fourth-order valence-corrected chi connectivity index (χ4v) is 24.0. The number of hydrogen-bond acceptors (Lipinski definition) is 8. The van der Waals surface area contributed by atoms with Crippen LogP contribution in [0.2, 0.25) is 0 Å². The molecule has 16 rings (SSSR count). The quantitative estimate of drug-likeness (QED) is 0.225. The summed E-state index contributed by atoms with van der Waals surface area (Å²) in [5.74, 6) is 10.9. The molecule has 0 saturated heterocycles. The second kappa shape index (κ2) is 18.9. The van der Waals surface area contributed by atoms with Crippen molar-refractivity contribution in [2.45, 2.75) is 217 Å². The lowest BCUT2D eigenvalue weighted by Crippen LogP contribution is -2.59. The van der Waals surface area contributed by atoms with Crippen LogP contribution in [-0.2, 0) is 25.9 Å². The normalized spacial score (nSPS) is 48.8. The maximum absolute atomic E-state index is 13.4. The van der Waals surface area contributed by atoms with Crippen molar-refractivity contribution in [3.63, 3.8) is 0 Å². The van der Waals surface area contributed by atoms with Crippen LogP contribution in [0.3, 0.4) is 0 Å². The molecule has 19 unspecified atom stereocenters. The lowest BCUT2D eigenvalue weighted by atomic mass is 9.50. The zero-order chi connectivity index (χ0) is 53.9. The molecule has 428 valence electrons. The number of hydrogen-bond donors (Lipinski definition) is 4. The Morgan fingerprint density at radius 3 is 1.59 bits per heavy atom.